The molecule has 1 rings (SSSR count). The molecule has 0 fully saturated rings. The summed E-state index contributed by atoms with van der Waals surface area (Å²) in [6.45, 7) is 3.61. The van der Waals surface area contributed by atoms with Crippen molar-refractivity contribution >= 4 is 11.8 Å². The van der Waals surface area contributed by atoms with Crippen molar-refractivity contribution in [1.82, 2.24) is 5.32 Å². The molecule has 1 aromatic carbocycles. The van der Waals surface area contributed by atoms with Crippen LogP contribution >= 0.6 is 0 Å². The van der Waals surface area contributed by atoms with Crippen molar-refractivity contribution in [2.75, 3.05) is 0 Å². The minimum atomic E-state index is -4.51. The number of carbonyl (C=O) groups excluding carboxylic acids is 2. The fourth-order valence-corrected chi connectivity index (χ4v) is 1.86. The number of aliphatic hydroxyl groups is 1. The second-order valence-electron chi connectivity index (χ2n) is 5.50. The molecule has 0 heterocycles. The van der Waals surface area contributed by atoms with E-state index in [1.54, 1.807) is 19.9 Å². The van der Waals surface area contributed by atoms with Gasteiger partial charge in [0, 0.05) is 0 Å². The number of nitrogens with two attached hydrogens (primary N) is 1. The molecule has 4 N–H and O–H groups in total. The lowest BCUT2D eigenvalue weighted by atomic mass is 10.0. The Kier molecular flexibility index (Phi) is 6.53. The van der Waals surface area contributed by atoms with Crippen LogP contribution in [-0.2, 0) is 15.8 Å². The first-order valence-corrected chi connectivity index (χ1v) is 7.10. The van der Waals surface area contributed by atoms with Crippen molar-refractivity contribution in [2.45, 2.75) is 38.6 Å². The van der Waals surface area contributed by atoms with E-state index >= 15 is 0 Å². The van der Waals surface area contributed by atoms with Crippen molar-refractivity contribution in [3.05, 3.63) is 47.0 Å². The topological polar surface area (TPSA) is 92.4 Å². The highest BCUT2D eigenvalue weighted by molar-refractivity contribution is 5.89. The predicted octanol–water partition coefficient (Wildman–Crippen LogP) is 2.07. The first-order valence-electron chi connectivity index (χ1n) is 7.10. The summed E-state index contributed by atoms with van der Waals surface area (Å²) in [6.07, 6.45) is -4.36. The Labute approximate surface area is 137 Å². The van der Waals surface area contributed by atoms with Gasteiger partial charge in [-0.05, 0) is 38.0 Å². The third-order valence-electron chi connectivity index (χ3n) is 3.22. The maximum atomic E-state index is 12.5. The normalized spacial score (nSPS) is 13.8. The van der Waals surface area contributed by atoms with Gasteiger partial charge in [-0.3, -0.25) is 9.59 Å². The van der Waals surface area contributed by atoms with Gasteiger partial charge in [0.15, 0.2) is 6.10 Å². The van der Waals surface area contributed by atoms with Gasteiger partial charge in [0.1, 0.15) is 6.04 Å². The number of carbonyl (C=O) groups is 2. The zero-order chi connectivity index (χ0) is 18.5. The molecule has 2 amide bonds. The van der Waals surface area contributed by atoms with Gasteiger partial charge in [-0.1, -0.05) is 23.8 Å². The van der Waals surface area contributed by atoms with Crippen molar-refractivity contribution in [3.63, 3.8) is 0 Å². The average molecular weight is 344 g/mol. The van der Waals surface area contributed by atoms with Crippen LogP contribution in [0.25, 0.3) is 0 Å². The Balaban J connectivity index is 2.82. The van der Waals surface area contributed by atoms with E-state index in [0.29, 0.717) is 0 Å². The van der Waals surface area contributed by atoms with E-state index in [-0.39, 0.29) is 12.0 Å². The summed E-state index contributed by atoms with van der Waals surface area (Å²) in [7, 11) is 0. The molecule has 0 saturated heterocycles. The van der Waals surface area contributed by atoms with Crippen LogP contribution < -0.4 is 11.1 Å². The van der Waals surface area contributed by atoms with Crippen LogP contribution in [0, 0.1) is 0 Å². The molecule has 0 unspecified atom stereocenters. The molecule has 0 bridgehead atoms. The van der Waals surface area contributed by atoms with Gasteiger partial charge in [0.25, 0.3) is 5.91 Å². The summed E-state index contributed by atoms with van der Waals surface area (Å²) in [6, 6.07) is 2.52. The van der Waals surface area contributed by atoms with Crippen molar-refractivity contribution < 1.29 is 27.9 Å². The zero-order valence-electron chi connectivity index (χ0n) is 13.2. The molecular weight excluding hydrogens is 325 g/mol. The third kappa shape index (κ3) is 5.69. The molecule has 5 nitrogen and oxygen atoms in total. The number of rotatable bonds is 6. The number of alkyl halides is 3. The van der Waals surface area contributed by atoms with Crippen molar-refractivity contribution in [3.8, 4) is 0 Å². The van der Waals surface area contributed by atoms with Crippen molar-refractivity contribution in [2.24, 2.45) is 5.73 Å². The summed E-state index contributed by atoms with van der Waals surface area (Å²) < 4.78 is 37.5. The average Bonchev–Trinajstić information content (AvgIpc) is 2.49. The molecule has 24 heavy (non-hydrogen) atoms. The second-order valence-corrected chi connectivity index (χ2v) is 5.50. The standard InChI is InChI=1S/C16H19F3N2O3/c1-9(2)3-8-12(14(20)23)21-15(24)13(22)10-4-6-11(7-5-10)16(17,18)19/h3-7,12-13,22H,8H2,1-2H3,(H2,20,23)(H,21,24)/t12-,13+/m0/s1. The number of halogens is 3. The molecule has 0 aliphatic heterocycles. The molecule has 0 aliphatic carbocycles. The molecule has 8 heteroatoms. The van der Waals surface area contributed by atoms with Gasteiger partial charge < -0.3 is 16.2 Å². The van der Waals surface area contributed by atoms with Crippen LogP contribution in [0.3, 0.4) is 0 Å². The van der Waals surface area contributed by atoms with Gasteiger partial charge in [0.05, 0.1) is 5.56 Å². The highest BCUT2D eigenvalue weighted by Crippen LogP contribution is 2.29. The number of amides is 2. The molecule has 132 valence electrons. The third-order valence-corrected chi connectivity index (χ3v) is 3.22. The van der Waals surface area contributed by atoms with E-state index in [2.05, 4.69) is 5.32 Å². The van der Waals surface area contributed by atoms with Gasteiger partial charge in [-0.2, -0.15) is 13.2 Å². The number of benzene rings is 1. The molecule has 0 spiro atoms. The highest BCUT2D eigenvalue weighted by Gasteiger charge is 2.31. The van der Waals surface area contributed by atoms with E-state index in [1.807, 2.05) is 0 Å². The number of nitrogens with one attached hydrogen (secondary N) is 1. The van der Waals surface area contributed by atoms with Crippen LogP contribution in [0.15, 0.2) is 35.9 Å². The van der Waals surface area contributed by atoms with Crippen LogP contribution in [0.2, 0.25) is 0 Å². The second kappa shape index (κ2) is 7.96. The molecule has 0 aromatic heterocycles. The lowest BCUT2D eigenvalue weighted by molar-refractivity contribution is -0.137. The molecule has 0 saturated carbocycles. The van der Waals surface area contributed by atoms with E-state index in [4.69, 9.17) is 5.73 Å². The van der Waals surface area contributed by atoms with Crippen LogP contribution in [-0.4, -0.2) is 23.0 Å². The van der Waals surface area contributed by atoms with Crippen LogP contribution in [0.5, 0.6) is 0 Å². The number of hydrogen-bond acceptors (Lipinski definition) is 3. The van der Waals surface area contributed by atoms with Crippen molar-refractivity contribution in [1.29, 1.82) is 0 Å². The van der Waals surface area contributed by atoms with Crippen LogP contribution in [0.1, 0.15) is 37.5 Å². The molecule has 2 atom stereocenters. The minimum Gasteiger partial charge on any atom is -0.378 e. The lowest BCUT2D eigenvalue weighted by Gasteiger charge is -2.17. The Hall–Kier alpha value is -2.35. The summed E-state index contributed by atoms with van der Waals surface area (Å²) in [5.41, 5.74) is 5.19. The minimum absolute atomic E-state index is 0.0223. The van der Waals surface area contributed by atoms with Gasteiger partial charge >= 0.3 is 6.18 Å². The SMILES string of the molecule is CC(C)=CC[C@H](NC(=O)[C@H](O)c1ccc(C(F)(F)F)cc1)C(N)=O. The smallest absolute Gasteiger partial charge is 0.378 e. The van der Waals surface area contributed by atoms with E-state index in [1.165, 1.54) is 0 Å². The predicted molar refractivity (Wildman–Crippen MR) is 81.6 cm³/mol. The largest absolute Gasteiger partial charge is 0.416 e. The Morgan fingerprint density at radius 2 is 1.79 bits per heavy atom. The number of hydrogen-bond donors (Lipinski definition) is 3. The number of aliphatic hydroxyl groups excluding tert-OH is 1. The zero-order valence-corrected chi connectivity index (χ0v) is 13.2. The summed E-state index contributed by atoms with van der Waals surface area (Å²) >= 11 is 0. The first-order chi connectivity index (χ1) is 11.0. The number of primary amides is 1. The summed E-state index contributed by atoms with van der Waals surface area (Å²) in [5, 5.41) is 12.2. The molecule has 0 aliphatic rings. The Morgan fingerprint density at radius 1 is 1.25 bits per heavy atom. The maximum absolute atomic E-state index is 12.5. The lowest BCUT2D eigenvalue weighted by Crippen LogP contribution is -2.45. The van der Waals surface area contributed by atoms with E-state index in [9.17, 15) is 27.9 Å². The van der Waals surface area contributed by atoms with Gasteiger partial charge in [-0.15, -0.1) is 0 Å². The Morgan fingerprint density at radius 3 is 2.21 bits per heavy atom. The molecule has 1 aromatic rings. The fourth-order valence-electron chi connectivity index (χ4n) is 1.86. The number of allylic oxidation sites excluding steroid dienone is 1. The molecule has 0 radical (unpaired) electrons. The Bertz CT molecular complexity index is 620. The monoisotopic (exact) mass is 344 g/mol. The van der Waals surface area contributed by atoms with Gasteiger partial charge in [0.2, 0.25) is 5.91 Å². The summed E-state index contributed by atoms with van der Waals surface area (Å²) in [5.74, 6) is -1.69. The maximum Gasteiger partial charge on any atom is 0.416 e. The van der Waals surface area contributed by atoms with Gasteiger partial charge in [-0.25, -0.2) is 0 Å². The fraction of sp³-hybridized carbons (Fsp3) is 0.375. The highest BCUT2D eigenvalue weighted by atomic mass is 19.4. The molecular formula is C16H19F3N2O3. The van der Waals surface area contributed by atoms with Crippen LogP contribution in [0.4, 0.5) is 13.2 Å². The van der Waals surface area contributed by atoms with E-state index < -0.39 is 35.7 Å². The first kappa shape index (κ1) is 19.7. The van der Waals surface area contributed by atoms with E-state index in [0.717, 1.165) is 29.8 Å². The quantitative estimate of drug-likeness (QED) is 0.690. The summed E-state index contributed by atoms with van der Waals surface area (Å²) in [4.78, 5) is 23.3.